The van der Waals surface area contributed by atoms with Crippen LogP contribution in [0, 0.1) is 0 Å². The number of hydrogen-bond donors (Lipinski definition) is 1. The first-order valence-electron chi connectivity index (χ1n) is 10.1. The summed E-state index contributed by atoms with van der Waals surface area (Å²) < 4.78 is 12.9. The summed E-state index contributed by atoms with van der Waals surface area (Å²) in [6.07, 6.45) is 5.61. The van der Waals surface area contributed by atoms with Gasteiger partial charge in [-0.25, -0.2) is 0 Å². The quantitative estimate of drug-likeness (QED) is 0.464. The molecule has 30 heavy (non-hydrogen) atoms. The minimum atomic E-state index is -0.176. The highest BCUT2D eigenvalue weighted by Gasteiger charge is 2.04. The molecule has 0 aliphatic rings. The van der Waals surface area contributed by atoms with Gasteiger partial charge in [0.15, 0.2) is 0 Å². The lowest BCUT2D eigenvalue weighted by Gasteiger charge is -2.10. The summed E-state index contributed by atoms with van der Waals surface area (Å²) >= 11 is 5.83. The maximum atomic E-state index is 12.5. The van der Waals surface area contributed by atoms with Crippen molar-refractivity contribution in [2.24, 2.45) is 0 Å². The van der Waals surface area contributed by atoms with Crippen LogP contribution in [0.25, 0.3) is 5.69 Å². The van der Waals surface area contributed by atoms with Crippen molar-refractivity contribution >= 4 is 11.6 Å². The number of rotatable bonds is 11. The van der Waals surface area contributed by atoms with Crippen molar-refractivity contribution in [1.29, 1.82) is 0 Å². The monoisotopic (exact) mass is 427 g/mol. The molecule has 1 aromatic carbocycles. The van der Waals surface area contributed by atoms with E-state index in [0.29, 0.717) is 17.4 Å². The van der Waals surface area contributed by atoms with Crippen molar-refractivity contribution in [3.8, 4) is 17.2 Å². The maximum absolute atomic E-state index is 12.5. The Bertz CT molecular complexity index is 972. The minimum absolute atomic E-state index is 0.176. The van der Waals surface area contributed by atoms with Crippen LogP contribution in [0.15, 0.2) is 65.7 Å². The van der Waals surface area contributed by atoms with Gasteiger partial charge in [0.25, 0.3) is 5.56 Å². The highest BCUT2D eigenvalue weighted by molar-refractivity contribution is 6.30. The summed E-state index contributed by atoms with van der Waals surface area (Å²) in [7, 11) is 0. The van der Waals surface area contributed by atoms with Crippen LogP contribution in [-0.4, -0.2) is 29.2 Å². The fourth-order valence-corrected chi connectivity index (χ4v) is 2.90. The third-order valence-electron chi connectivity index (χ3n) is 4.44. The summed E-state index contributed by atoms with van der Waals surface area (Å²) in [6, 6.07) is 14.2. The van der Waals surface area contributed by atoms with Crippen molar-refractivity contribution in [3.05, 3.63) is 82.0 Å². The average Bonchev–Trinajstić information content (AvgIpc) is 2.76. The third kappa shape index (κ3) is 6.61. The Kier molecular flexibility index (Phi) is 8.30. The SMILES string of the molecule is CCCCNCCOc1ccc(-n2ccc(OCc3ccc(Cl)cn3)cc2=O)cc1. The smallest absolute Gasteiger partial charge is 0.258 e. The normalized spacial score (nSPS) is 10.7. The number of halogens is 1. The van der Waals surface area contributed by atoms with E-state index in [9.17, 15) is 4.79 Å². The molecular weight excluding hydrogens is 402 g/mol. The van der Waals surface area contributed by atoms with Crippen molar-refractivity contribution in [2.45, 2.75) is 26.4 Å². The second-order valence-corrected chi connectivity index (χ2v) is 7.21. The highest BCUT2D eigenvalue weighted by atomic mass is 35.5. The molecule has 0 amide bonds. The molecule has 3 rings (SSSR count). The zero-order chi connectivity index (χ0) is 21.2. The first-order valence-corrected chi connectivity index (χ1v) is 10.4. The standard InChI is InChI=1S/C23H26ClN3O3/c1-2-3-11-25-12-14-29-21-8-6-20(7-9-21)27-13-10-22(15-23(27)28)30-17-19-5-4-18(24)16-26-19/h4-10,13,15-16,25H,2-3,11-12,14,17H2,1H3. The van der Waals surface area contributed by atoms with Gasteiger partial charge in [0, 0.05) is 30.7 Å². The van der Waals surface area contributed by atoms with E-state index >= 15 is 0 Å². The Morgan fingerprint density at radius 3 is 2.57 bits per heavy atom. The molecule has 2 heterocycles. The van der Waals surface area contributed by atoms with E-state index < -0.39 is 0 Å². The van der Waals surface area contributed by atoms with Crippen LogP contribution >= 0.6 is 11.6 Å². The lowest BCUT2D eigenvalue weighted by molar-refractivity contribution is 0.300. The Morgan fingerprint density at radius 2 is 1.87 bits per heavy atom. The van der Waals surface area contributed by atoms with E-state index in [1.54, 1.807) is 35.2 Å². The van der Waals surface area contributed by atoms with Gasteiger partial charge < -0.3 is 14.8 Å². The number of nitrogens with zero attached hydrogens (tertiary/aromatic N) is 2. The van der Waals surface area contributed by atoms with E-state index in [-0.39, 0.29) is 12.2 Å². The summed E-state index contributed by atoms with van der Waals surface area (Å²) in [4.78, 5) is 16.7. The first-order chi connectivity index (χ1) is 14.7. The van der Waals surface area contributed by atoms with Crippen molar-refractivity contribution < 1.29 is 9.47 Å². The zero-order valence-electron chi connectivity index (χ0n) is 17.0. The van der Waals surface area contributed by atoms with E-state index in [2.05, 4.69) is 17.2 Å². The van der Waals surface area contributed by atoms with Crippen LogP contribution in [0.1, 0.15) is 25.5 Å². The first kappa shape index (κ1) is 21.9. The van der Waals surface area contributed by atoms with Gasteiger partial charge in [-0.05, 0) is 55.4 Å². The molecule has 0 aliphatic heterocycles. The van der Waals surface area contributed by atoms with Crippen LogP contribution in [-0.2, 0) is 6.61 Å². The molecule has 0 atom stereocenters. The predicted molar refractivity (Wildman–Crippen MR) is 119 cm³/mol. The molecule has 0 aliphatic carbocycles. The second-order valence-electron chi connectivity index (χ2n) is 6.77. The number of nitrogens with one attached hydrogen (secondary N) is 1. The summed E-state index contributed by atoms with van der Waals surface area (Å²) in [5, 5.41) is 3.91. The van der Waals surface area contributed by atoms with Gasteiger partial charge >= 0.3 is 0 Å². The molecule has 158 valence electrons. The minimum Gasteiger partial charge on any atom is -0.492 e. The van der Waals surface area contributed by atoms with Gasteiger partial charge in [-0.2, -0.15) is 0 Å². The van der Waals surface area contributed by atoms with Gasteiger partial charge in [-0.3, -0.25) is 14.3 Å². The average molecular weight is 428 g/mol. The molecule has 6 nitrogen and oxygen atoms in total. The van der Waals surface area contributed by atoms with Crippen LogP contribution in [0.5, 0.6) is 11.5 Å². The molecule has 2 aromatic heterocycles. The lowest BCUT2D eigenvalue weighted by atomic mass is 10.3. The van der Waals surface area contributed by atoms with Gasteiger partial charge in [0.2, 0.25) is 0 Å². The van der Waals surface area contributed by atoms with E-state index in [1.165, 1.54) is 18.9 Å². The van der Waals surface area contributed by atoms with Gasteiger partial charge in [-0.1, -0.05) is 24.9 Å². The molecule has 0 spiro atoms. The number of aromatic nitrogens is 2. The molecule has 3 aromatic rings. The summed E-state index contributed by atoms with van der Waals surface area (Å²) in [5.74, 6) is 1.27. The largest absolute Gasteiger partial charge is 0.492 e. The molecule has 0 saturated carbocycles. The number of ether oxygens (including phenoxy) is 2. The fourth-order valence-electron chi connectivity index (χ4n) is 2.78. The molecule has 0 radical (unpaired) electrons. The molecule has 7 heteroatoms. The van der Waals surface area contributed by atoms with Gasteiger partial charge in [0.05, 0.1) is 10.7 Å². The number of benzene rings is 1. The zero-order valence-corrected chi connectivity index (χ0v) is 17.8. The van der Waals surface area contributed by atoms with E-state index in [0.717, 1.165) is 30.2 Å². The van der Waals surface area contributed by atoms with Gasteiger partial charge in [0.1, 0.15) is 24.7 Å². The molecule has 1 N–H and O–H groups in total. The summed E-state index contributed by atoms with van der Waals surface area (Å²) in [6.45, 7) is 4.87. The highest BCUT2D eigenvalue weighted by Crippen LogP contribution is 2.16. The Hall–Kier alpha value is -2.83. The van der Waals surface area contributed by atoms with Gasteiger partial charge in [-0.15, -0.1) is 0 Å². The molecule has 0 saturated heterocycles. The van der Waals surface area contributed by atoms with Crippen molar-refractivity contribution in [1.82, 2.24) is 14.9 Å². The fraction of sp³-hybridized carbons (Fsp3) is 0.304. The Labute approximate surface area is 181 Å². The molecule has 0 unspecified atom stereocenters. The van der Waals surface area contributed by atoms with Crippen LogP contribution in [0.3, 0.4) is 0 Å². The predicted octanol–water partition coefficient (Wildman–Crippen LogP) is 4.23. The van der Waals surface area contributed by atoms with Crippen LogP contribution in [0.2, 0.25) is 5.02 Å². The molecule has 0 bridgehead atoms. The number of hydrogen-bond acceptors (Lipinski definition) is 5. The number of pyridine rings is 2. The second kappa shape index (κ2) is 11.4. The van der Waals surface area contributed by atoms with E-state index in [4.69, 9.17) is 21.1 Å². The lowest BCUT2D eigenvalue weighted by Crippen LogP contribution is -2.22. The van der Waals surface area contributed by atoms with Crippen LogP contribution < -0.4 is 20.3 Å². The summed E-state index contributed by atoms with van der Waals surface area (Å²) in [5.41, 5.74) is 1.32. The third-order valence-corrected chi connectivity index (χ3v) is 4.66. The Balaban J connectivity index is 1.54. The van der Waals surface area contributed by atoms with E-state index in [1.807, 2.05) is 24.3 Å². The maximum Gasteiger partial charge on any atom is 0.258 e. The van der Waals surface area contributed by atoms with Crippen molar-refractivity contribution in [3.63, 3.8) is 0 Å². The molecular formula is C23H26ClN3O3. The van der Waals surface area contributed by atoms with Crippen LogP contribution in [0.4, 0.5) is 0 Å². The topological polar surface area (TPSA) is 65.4 Å². The Morgan fingerprint density at radius 1 is 1.03 bits per heavy atom. The molecule has 0 fully saturated rings. The number of unbranched alkanes of at least 4 members (excludes halogenated alkanes) is 1. The van der Waals surface area contributed by atoms with Crippen molar-refractivity contribution in [2.75, 3.05) is 19.7 Å².